The molecule has 78 heavy (non-hydrogen) atoms. The molecule has 0 aromatic rings. The summed E-state index contributed by atoms with van der Waals surface area (Å²) in [6.07, 6.45) is 47.0. The number of esters is 6. The van der Waals surface area contributed by atoms with Crippen LogP contribution in [0.3, 0.4) is 0 Å². The molecule has 0 saturated heterocycles. The zero-order valence-electron chi connectivity index (χ0n) is 49.5. The molecule has 4 atom stereocenters. The van der Waals surface area contributed by atoms with Crippen molar-refractivity contribution in [1.29, 1.82) is 0 Å². The van der Waals surface area contributed by atoms with Gasteiger partial charge in [-0.3, -0.25) is 28.8 Å². The van der Waals surface area contributed by atoms with E-state index in [1.807, 2.05) is 0 Å². The molecule has 0 saturated carbocycles. The van der Waals surface area contributed by atoms with Crippen molar-refractivity contribution in [3.8, 4) is 0 Å². The third kappa shape index (κ3) is 50.2. The minimum Gasteiger partial charge on any atom is -0.462 e. The van der Waals surface area contributed by atoms with Crippen LogP contribution in [0.2, 0.25) is 0 Å². The largest absolute Gasteiger partial charge is 0.462 e. The predicted molar refractivity (Wildman–Crippen MR) is 313 cm³/mol. The predicted octanol–water partition coefficient (Wildman–Crippen LogP) is 13.5. The van der Waals surface area contributed by atoms with Gasteiger partial charge in [-0.15, -0.1) is 0 Å². The summed E-state index contributed by atoms with van der Waals surface area (Å²) in [5.41, 5.74) is 16.4. The number of carbonyl (C=O) groups is 6. The summed E-state index contributed by atoms with van der Waals surface area (Å²) < 4.78 is 33.4. The second kappa shape index (κ2) is 56.2. The highest BCUT2D eigenvalue weighted by Gasteiger charge is 2.20. The first kappa shape index (κ1) is 73.9. The number of hydrogen-bond acceptors (Lipinski definition) is 15. The van der Waals surface area contributed by atoms with Crippen LogP contribution in [-0.4, -0.2) is 93.1 Å². The van der Waals surface area contributed by atoms with Crippen molar-refractivity contribution in [2.24, 2.45) is 17.2 Å². The van der Waals surface area contributed by atoms with E-state index in [4.69, 9.17) is 45.6 Å². The van der Waals surface area contributed by atoms with Gasteiger partial charge in [-0.1, -0.05) is 173 Å². The van der Waals surface area contributed by atoms with Gasteiger partial charge in [0, 0.05) is 38.5 Å². The topological polar surface area (TPSA) is 236 Å². The third-order valence-electron chi connectivity index (χ3n) is 13.6. The van der Waals surface area contributed by atoms with Crippen molar-refractivity contribution in [2.75, 3.05) is 32.8 Å². The van der Waals surface area contributed by atoms with Crippen molar-refractivity contribution in [3.63, 3.8) is 0 Å². The first-order chi connectivity index (χ1) is 38.0. The molecule has 0 aliphatic carbocycles. The molecule has 0 aliphatic rings. The minimum atomic E-state index is -0.888. The lowest BCUT2D eigenvalue weighted by molar-refractivity contribution is -0.167. The molecule has 0 heterocycles. The number of allylic oxidation sites excluding steroid dienone is 3. The van der Waals surface area contributed by atoms with Gasteiger partial charge in [0.1, 0.15) is 31.5 Å². The Morgan fingerprint density at radius 2 is 0.577 bits per heavy atom. The van der Waals surface area contributed by atoms with E-state index in [0.717, 1.165) is 173 Å². The van der Waals surface area contributed by atoms with Crippen LogP contribution in [0, 0.1) is 0 Å². The molecule has 0 spiro atoms. The van der Waals surface area contributed by atoms with Crippen LogP contribution in [0.4, 0.5) is 0 Å². The molecule has 0 amide bonds. The number of carbonyl (C=O) groups excluding carboxylic acids is 6. The third-order valence-corrected chi connectivity index (χ3v) is 13.6. The lowest BCUT2D eigenvalue weighted by Crippen LogP contribution is -2.30. The normalized spacial score (nSPS) is 13.2. The maximum atomic E-state index is 13.0. The zero-order valence-corrected chi connectivity index (χ0v) is 49.5. The van der Waals surface area contributed by atoms with Gasteiger partial charge in [-0.05, 0) is 96.3 Å². The van der Waals surface area contributed by atoms with Crippen molar-refractivity contribution in [3.05, 3.63) is 36.5 Å². The highest BCUT2D eigenvalue weighted by molar-refractivity contribution is 5.72. The molecule has 0 fully saturated rings. The number of rotatable bonds is 56. The summed E-state index contributed by atoms with van der Waals surface area (Å²) in [5, 5.41) is 0. The van der Waals surface area contributed by atoms with Crippen molar-refractivity contribution >= 4 is 35.8 Å². The van der Waals surface area contributed by atoms with Crippen LogP contribution in [0.1, 0.15) is 271 Å². The fourth-order valence-corrected chi connectivity index (χ4v) is 8.93. The van der Waals surface area contributed by atoms with Crippen LogP contribution in [0.5, 0.6) is 0 Å². The second-order valence-electron chi connectivity index (χ2n) is 21.0. The standard InChI is InChI=1S/C63H113N3O12/c1-4-7-10-31-40-54(75-61(70)49-64)43-34-25-19-13-16-22-28-37-46-58(67)73-52-57(78-60(69)48-39-30-24-18-15-21-27-36-45-56(77-63(72)51-66)42-33-12-9-6-3)53-74-59(68)47-38-29-23-17-14-20-26-35-44-55(76-62(71)50-65)41-32-11-8-5-2/h25-27,34-36,54-57H,4-24,28-33,37-53,64-66H2,1-3H3/b34-25-,35-26+,36-27-. The smallest absolute Gasteiger partial charge is 0.319 e. The molecule has 4 unspecified atom stereocenters. The second-order valence-corrected chi connectivity index (χ2v) is 21.0. The molecule has 0 radical (unpaired) electrons. The summed E-state index contributed by atoms with van der Waals surface area (Å²) in [7, 11) is 0. The van der Waals surface area contributed by atoms with Gasteiger partial charge in [0.05, 0.1) is 19.6 Å². The van der Waals surface area contributed by atoms with Crippen LogP contribution < -0.4 is 17.2 Å². The quantitative estimate of drug-likeness (QED) is 0.0222. The molecule has 6 N–H and O–H groups in total. The average molecular weight is 1100 g/mol. The molecule has 452 valence electrons. The monoisotopic (exact) mass is 1100 g/mol. The first-order valence-corrected chi connectivity index (χ1v) is 31.2. The van der Waals surface area contributed by atoms with E-state index in [9.17, 15) is 28.8 Å². The Bertz CT molecular complexity index is 1500. The van der Waals surface area contributed by atoms with Crippen LogP contribution in [0.25, 0.3) is 0 Å². The lowest BCUT2D eigenvalue weighted by atomic mass is 10.1. The van der Waals surface area contributed by atoms with Gasteiger partial charge in [-0.25, -0.2) is 0 Å². The van der Waals surface area contributed by atoms with Gasteiger partial charge >= 0.3 is 35.8 Å². The zero-order chi connectivity index (χ0) is 57.4. The lowest BCUT2D eigenvalue weighted by Gasteiger charge is -2.18. The molecular weight excluding hydrogens is 991 g/mol. The van der Waals surface area contributed by atoms with Crippen molar-refractivity contribution in [1.82, 2.24) is 0 Å². The molecule has 0 aromatic carbocycles. The van der Waals surface area contributed by atoms with Crippen molar-refractivity contribution < 1.29 is 57.2 Å². The van der Waals surface area contributed by atoms with Gasteiger partial charge in [0.2, 0.25) is 0 Å². The summed E-state index contributed by atoms with van der Waals surface area (Å²) in [4.78, 5) is 73.8. The number of unbranched alkanes of at least 4 members (excludes halogenated alkanes) is 24. The summed E-state index contributed by atoms with van der Waals surface area (Å²) in [6.45, 7) is 5.86. The average Bonchev–Trinajstić information content (AvgIpc) is 3.43. The van der Waals surface area contributed by atoms with Gasteiger partial charge < -0.3 is 45.6 Å². The number of hydrogen-bond donors (Lipinski definition) is 3. The Kier molecular flexibility index (Phi) is 53.3. The van der Waals surface area contributed by atoms with Crippen LogP contribution in [0.15, 0.2) is 36.5 Å². The Hall–Kier alpha value is -4.08. The van der Waals surface area contributed by atoms with E-state index in [1.165, 1.54) is 19.3 Å². The Morgan fingerprint density at radius 3 is 0.885 bits per heavy atom. The Labute approximate surface area is 473 Å². The minimum absolute atomic E-state index is 0.103. The Balaban J connectivity index is 4.87. The van der Waals surface area contributed by atoms with E-state index in [1.54, 1.807) is 0 Å². The summed E-state index contributed by atoms with van der Waals surface area (Å²) >= 11 is 0. The molecule has 0 aliphatic heterocycles. The molecular formula is C63H113N3O12. The van der Waals surface area contributed by atoms with Crippen LogP contribution in [-0.2, 0) is 57.2 Å². The number of nitrogens with two attached hydrogens (primary N) is 3. The maximum absolute atomic E-state index is 13.0. The first-order valence-electron chi connectivity index (χ1n) is 31.2. The van der Waals surface area contributed by atoms with E-state index < -0.39 is 12.1 Å². The molecule has 15 heteroatoms. The highest BCUT2D eigenvalue weighted by atomic mass is 16.6. The fraction of sp³-hybridized carbons (Fsp3) is 0.810. The van der Waals surface area contributed by atoms with Crippen molar-refractivity contribution in [2.45, 2.75) is 296 Å². The molecule has 0 rings (SSSR count). The van der Waals surface area contributed by atoms with E-state index in [0.29, 0.717) is 38.5 Å². The highest BCUT2D eigenvalue weighted by Crippen LogP contribution is 2.18. The summed E-state index contributed by atoms with van der Waals surface area (Å²) in [5.74, 6) is -2.23. The molecule has 0 aromatic heterocycles. The maximum Gasteiger partial charge on any atom is 0.319 e. The molecule has 0 bridgehead atoms. The van der Waals surface area contributed by atoms with Crippen LogP contribution >= 0.6 is 0 Å². The van der Waals surface area contributed by atoms with E-state index >= 15 is 0 Å². The number of ether oxygens (including phenoxy) is 6. The molecule has 15 nitrogen and oxygen atoms in total. The summed E-state index contributed by atoms with van der Waals surface area (Å²) in [6, 6.07) is 0. The van der Waals surface area contributed by atoms with Gasteiger partial charge in [-0.2, -0.15) is 0 Å². The van der Waals surface area contributed by atoms with Gasteiger partial charge in [0.15, 0.2) is 6.10 Å². The Morgan fingerprint density at radius 1 is 0.308 bits per heavy atom. The SMILES string of the molecule is CCCCCCC(C/C=C\CCCCCCCC(=O)OCC(COC(=O)CCCCCCC/C=C/CC(CCCCCC)OC(=O)CN)OC(=O)CCCCCCC/C=C\CC(CCCCCC)OC(=O)CN)OC(=O)CN. The van der Waals surface area contributed by atoms with E-state index in [-0.39, 0.29) is 100 Å². The van der Waals surface area contributed by atoms with E-state index in [2.05, 4.69) is 57.2 Å². The fourth-order valence-electron chi connectivity index (χ4n) is 8.93. The van der Waals surface area contributed by atoms with Gasteiger partial charge in [0.25, 0.3) is 0 Å².